The fraction of sp³-hybridized carbons (Fsp3) is 0.429. The largest absolute Gasteiger partial charge is 0.467 e. The third-order valence-electron chi connectivity index (χ3n) is 4.41. The molecule has 0 bridgehead atoms. The minimum absolute atomic E-state index is 0.174. The van der Waals surface area contributed by atoms with Gasteiger partial charge in [0.1, 0.15) is 6.04 Å². The van der Waals surface area contributed by atoms with Crippen LogP contribution in [0.25, 0.3) is 5.69 Å². The number of amides is 1. The maximum absolute atomic E-state index is 12.2. The van der Waals surface area contributed by atoms with Crippen molar-refractivity contribution in [2.45, 2.75) is 40.2 Å². The van der Waals surface area contributed by atoms with E-state index in [1.54, 1.807) is 28.9 Å². The molecule has 1 amide bonds. The molecule has 2 aromatic rings. The van der Waals surface area contributed by atoms with E-state index < -0.39 is 30.5 Å². The van der Waals surface area contributed by atoms with E-state index in [0.29, 0.717) is 17.1 Å². The van der Waals surface area contributed by atoms with E-state index in [2.05, 4.69) is 10.4 Å². The molecular weight excluding hydrogens is 410 g/mol. The first-order valence-corrected chi connectivity index (χ1v) is 9.88. The number of aromatic nitrogens is 2. The first-order valence-electron chi connectivity index (χ1n) is 9.50. The Morgan fingerprint density at radius 3 is 2.30 bits per heavy atom. The molecular formula is C21H26ClN3O5. The lowest BCUT2D eigenvalue weighted by molar-refractivity contribution is -0.145. The van der Waals surface area contributed by atoms with Crippen LogP contribution in [0.4, 0.5) is 0 Å². The van der Waals surface area contributed by atoms with E-state index in [-0.39, 0.29) is 11.5 Å². The van der Waals surface area contributed by atoms with Gasteiger partial charge in [0.05, 0.1) is 34.8 Å². The summed E-state index contributed by atoms with van der Waals surface area (Å²) in [6, 6.07) is 5.80. The third kappa shape index (κ3) is 5.82. The number of methoxy groups -OCH3 is 1. The Morgan fingerprint density at radius 1 is 1.17 bits per heavy atom. The summed E-state index contributed by atoms with van der Waals surface area (Å²) >= 11 is 6.17. The fourth-order valence-corrected chi connectivity index (χ4v) is 3.01. The lowest BCUT2D eigenvalue weighted by atomic mass is 10.0. The molecule has 8 nitrogen and oxygen atoms in total. The zero-order chi connectivity index (χ0) is 22.4. The van der Waals surface area contributed by atoms with Gasteiger partial charge in [-0.15, -0.1) is 0 Å². The number of benzene rings is 1. The Kier molecular flexibility index (Phi) is 8.00. The highest BCUT2D eigenvalue weighted by atomic mass is 35.5. The lowest BCUT2D eigenvalue weighted by Gasteiger charge is -2.18. The highest BCUT2D eigenvalue weighted by Crippen LogP contribution is 2.22. The van der Waals surface area contributed by atoms with Crippen LogP contribution < -0.4 is 5.32 Å². The van der Waals surface area contributed by atoms with Gasteiger partial charge in [-0.2, -0.15) is 5.10 Å². The summed E-state index contributed by atoms with van der Waals surface area (Å²) in [5.41, 5.74) is 2.53. The molecule has 2 rings (SSSR count). The molecule has 0 saturated carbocycles. The summed E-state index contributed by atoms with van der Waals surface area (Å²) in [5.74, 6) is -1.59. The fourth-order valence-electron chi connectivity index (χ4n) is 2.89. The Morgan fingerprint density at radius 2 is 1.80 bits per heavy atom. The van der Waals surface area contributed by atoms with Gasteiger partial charge in [-0.05, 0) is 50.5 Å². The molecule has 0 aliphatic heterocycles. The number of carbonyl (C=O) groups is 3. The molecule has 1 N–H and O–H groups in total. The summed E-state index contributed by atoms with van der Waals surface area (Å²) in [6.07, 6.45) is 0.421. The molecule has 0 spiro atoms. The number of hydrogen-bond acceptors (Lipinski definition) is 6. The van der Waals surface area contributed by atoms with Gasteiger partial charge in [0, 0.05) is 0 Å². The summed E-state index contributed by atoms with van der Waals surface area (Å²) in [5, 5.41) is 7.49. The average molecular weight is 436 g/mol. The van der Waals surface area contributed by atoms with Gasteiger partial charge in [0.25, 0.3) is 5.91 Å². The maximum Gasteiger partial charge on any atom is 0.338 e. The quantitative estimate of drug-likeness (QED) is 0.640. The van der Waals surface area contributed by atoms with E-state index in [1.165, 1.54) is 7.11 Å². The average Bonchev–Trinajstić information content (AvgIpc) is 2.98. The second kappa shape index (κ2) is 10.2. The standard InChI is InChI=1S/C21H26ClN3O5/c1-12(2)10-17(21(28)29-5)23-18(26)11-30-20(27)15-6-8-16(9-7-15)25-14(4)19(22)13(3)24-25/h6-9,12,17H,10-11H2,1-5H3,(H,23,26)/t17-/m0/s1. The minimum Gasteiger partial charge on any atom is -0.467 e. The van der Waals surface area contributed by atoms with Gasteiger partial charge in [-0.1, -0.05) is 25.4 Å². The van der Waals surface area contributed by atoms with Crippen LogP contribution in [0.1, 0.15) is 42.0 Å². The predicted octanol–water partition coefficient (Wildman–Crippen LogP) is 3.00. The molecule has 162 valence electrons. The topological polar surface area (TPSA) is 99.5 Å². The van der Waals surface area contributed by atoms with Crippen molar-refractivity contribution < 1.29 is 23.9 Å². The number of esters is 2. The van der Waals surface area contributed by atoms with Crippen molar-refractivity contribution in [1.29, 1.82) is 0 Å². The molecule has 0 fully saturated rings. The van der Waals surface area contributed by atoms with Gasteiger partial charge in [0.15, 0.2) is 6.61 Å². The lowest BCUT2D eigenvalue weighted by Crippen LogP contribution is -2.44. The monoisotopic (exact) mass is 435 g/mol. The second-order valence-electron chi connectivity index (χ2n) is 7.29. The molecule has 0 saturated heterocycles. The molecule has 1 aromatic carbocycles. The molecule has 0 unspecified atom stereocenters. The van der Waals surface area contributed by atoms with Crippen LogP contribution in [0.5, 0.6) is 0 Å². The Labute approximate surface area is 180 Å². The van der Waals surface area contributed by atoms with Crippen LogP contribution in [0.2, 0.25) is 5.02 Å². The SMILES string of the molecule is COC(=O)[C@H](CC(C)C)NC(=O)COC(=O)c1ccc(-n2nc(C)c(Cl)c2C)cc1. The van der Waals surface area contributed by atoms with Gasteiger partial charge < -0.3 is 14.8 Å². The smallest absolute Gasteiger partial charge is 0.338 e. The van der Waals surface area contributed by atoms with Crippen molar-refractivity contribution in [2.75, 3.05) is 13.7 Å². The second-order valence-corrected chi connectivity index (χ2v) is 7.67. The Balaban J connectivity index is 1.96. The van der Waals surface area contributed by atoms with E-state index in [4.69, 9.17) is 21.1 Å². The van der Waals surface area contributed by atoms with Crippen molar-refractivity contribution in [3.63, 3.8) is 0 Å². The summed E-state index contributed by atoms with van der Waals surface area (Å²) in [7, 11) is 1.26. The van der Waals surface area contributed by atoms with Gasteiger partial charge in [0.2, 0.25) is 0 Å². The first kappa shape index (κ1) is 23.4. The van der Waals surface area contributed by atoms with Crippen LogP contribution in [0.3, 0.4) is 0 Å². The number of rotatable bonds is 8. The van der Waals surface area contributed by atoms with E-state index >= 15 is 0 Å². The van der Waals surface area contributed by atoms with Crippen LogP contribution in [-0.4, -0.2) is 47.4 Å². The maximum atomic E-state index is 12.2. The first-order chi connectivity index (χ1) is 14.1. The Hall–Kier alpha value is -2.87. The molecule has 9 heteroatoms. The van der Waals surface area contributed by atoms with Crippen molar-refractivity contribution >= 4 is 29.4 Å². The normalized spacial score (nSPS) is 11.8. The van der Waals surface area contributed by atoms with Crippen molar-refractivity contribution in [3.05, 3.63) is 46.2 Å². The number of hydrogen-bond donors (Lipinski definition) is 1. The van der Waals surface area contributed by atoms with Crippen molar-refractivity contribution in [1.82, 2.24) is 15.1 Å². The van der Waals surface area contributed by atoms with Crippen LogP contribution >= 0.6 is 11.6 Å². The zero-order valence-electron chi connectivity index (χ0n) is 17.7. The van der Waals surface area contributed by atoms with Crippen LogP contribution in [0.15, 0.2) is 24.3 Å². The summed E-state index contributed by atoms with van der Waals surface area (Å²) in [6.45, 7) is 7.01. The van der Waals surface area contributed by atoms with Crippen molar-refractivity contribution in [3.8, 4) is 5.69 Å². The van der Waals surface area contributed by atoms with Gasteiger partial charge >= 0.3 is 11.9 Å². The number of nitrogens with one attached hydrogen (secondary N) is 1. The molecule has 0 aliphatic rings. The van der Waals surface area contributed by atoms with Crippen LogP contribution in [-0.2, 0) is 19.1 Å². The number of aryl methyl sites for hydroxylation is 1. The molecule has 0 aliphatic carbocycles. The highest BCUT2D eigenvalue weighted by Gasteiger charge is 2.23. The van der Waals surface area contributed by atoms with Crippen LogP contribution in [0, 0.1) is 19.8 Å². The zero-order valence-corrected chi connectivity index (χ0v) is 18.4. The highest BCUT2D eigenvalue weighted by molar-refractivity contribution is 6.31. The van der Waals surface area contributed by atoms with Gasteiger partial charge in [-0.25, -0.2) is 14.3 Å². The third-order valence-corrected chi connectivity index (χ3v) is 4.96. The minimum atomic E-state index is -0.784. The number of halogens is 1. The summed E-state index contributed by atoms with van der Waals surface area (Å²) < 4.78 is 11.4. The molecule has 1 aromatic heterocycles. The molecule has 0 radical (unpaired) electrons. The Bertz CT molecular complexity index is 921. The molecule has 1 heterocycles. The molecule has 1 atom stereocenters. The molecule has 30 heavy (non-hydrogen) atoms. The van der Waals surface area contributed by atoms with E-state index in [0.717, 1.165) is 11.4 Å². The number of ether oxygens (including phenoxy) is 2. The van der Waals surface area contributed by atoms with E-state index in [1.807, 2.05) is 27.7 Å². The van der Waals surface area contributed by atoms with E-state index in [9.17, 15) is 14.4 Å². The van der Waals surface area contributed by atoms with Gasteiger partial charge in [-0.3, -0.25) is 4.79 Å². The number of carbonyl (C=O) groups excluding carboxylic acids is 3. The van der Waals surface area contributed by atoms with Crippen molar-refractivity contribution in [2.24, 2.45) is 5.92 Å². The predicted molar refractivity (Wildman–Crippen MR) is 112 cm³/mol. The number of nitrogens with zero attached hydrogens (tertiary/aromatic N) is 2. The summed E-state index contributed by atoms with van der Waals surface area (Å²) in [4.78, 5) is 36.1.